The fraction of sp³-hybridized carbons (Fsp3) is 0.241. The monoisotopic (exact) mass is 533 g/mol. The van der Waals surface area contributed by atoms with Crippen molar-refractivity contribution in [1.82, 2.24) is 15.3 Å². The van der Waals surface area contributed by atoms with Gasteiger partial charge in [-0.1, -0.05) is 41.4 Å². The molecule has 0 aliphatic heterocycles. The number of aryl methyl sites for hydroxylation is 2. The highest BCUT2D eigenvalue weighted by Crippen LogP contribution is 2.33. The third-order valence-corrected chi connectivity index (χ3v) is 7.15. The van der Waals surface area contributed by atoms with E-state index in [9.17, 15) is 9.59 Å². The second kappa shape index (κ2) is 10.9. The molecule has 0 saturated heterocycles. The number of aliphatic carboxylic acids is 1. The van der Waals surface area contributed by atoms with Gasteiger partial charge in [0.2, 0.25) is 0 Å². The summed E-state index contributed by atoms with van der Waals surface area (Å²) in [5.74, 6) is -0.979. The Morgan fingerprint density at radius 2 is 1.70 bits per heavy atom. The summed E-state index contributed by atoms with van der Waals surface area (Å²) in [5, 5.41) is 13.5. The molecule has 4 aromatic rings. The van der Waals surface area contributed by atoms with E-state index in [0.717, 1.165) is 35.4 Å². The summed E-state index contributed by atoms with van der Waals surface area (Å²) in [6, 6.07) is 18.5. The first-order valence-corrected chi connectivity index (χ1v) is 13.0. The van der Waals surface area contributed by atoms with Gasteiger partial charge in [-0.2, -0.15) is 0 Å². The zero-order valence-electron chi connectivity index (χ0n) is 20.0. The minimum absolute atomic E-state index is 0.0568. The highest BCUT2D eigenvalue weighted by atomic mass is 35.5. The fourth-order valence-corrected chi connectivity index (χ4v) is 5.11. The van der Waals surface area contributed by atoms with Gasteiger partial charge >= 0.3 is 5.97 Å². The number of nitrogens with one attached hydrogen (secondary N) is 1. The van der Waals surface area contributed by atoms with Crippen LogP contribution in [-0.4, -0.2) is 27.0 Å². The number of fused-ring (bicyclic) bond motifs is 2. The van der Waals surface area contributed by atoms with Crippen LogP contribution < -0.4 is 5.32 Å². The molecule has 0 spiro atoms. The van der Waals surface area contributed by atoms with Crippen molar-refractivity contribution in [3.8, 4) is 11.3 Å². The Morgan fingerprint density at radius 1 is 0.919 bits per heavy atom. The van der Waals surface area contributed by atoms with Crippen LogP contribution in [0.25, 0.3) is 22.3 Å². The molecule has 0 radical (unpaired) electrons. The number of nitrogens with zero attached hydrogens (tertiary/aromatic N) is 2. The van der Waals surface area contributed by atoms with Gasteiger partial charge in [0.05, 0.1) is 28.5 Å². The van der Waals surface area contributed by atoms with Gasteiger partial charge in [-0.25, -0.2) is 9.97 Å². The van der Waals surface area contributed by atoms with Crippen LogP contribution in [-0.2, 0) is 17.6 Å². The number of benzene rings is 3. The van der Waals surface area contributed by atoms with E-state index in [-0.39, 0.29) is 18.4 Å². The van der Waals surface area contributed by atoms with Crippen molar-refractivity contribution in [3.63, 3.8) is 0 Å². The molecular formula is C29H25Cl2N3O3. The number of hydrogen-bond donors (Lipinski definition) is 2. The first kappa shape index (κ1) is 25.2. The van der Waals surface area contributed by atoms with Crippen LogP contribution in [0.1, 0.15) is 58.9 Å². The predicted molar refractivity (Wildman–Crippen MR) is 145 cm³/mol. The standard InChI is InChI=1S/C29H25Cl2N3O3/c30-20-9-5-17(6-10-20)28-25(3-1-2-4-27(35)36)32-26-16-19(8-14-24(26)33-28)29(37)34-23-13-7-18-15-21(31)11-12-22(18)23/h5-6,8-12,14-16,23H,1-4,7,13H2,(H,34,37)(H,35,36)/t23-/m1/s1. The van der Waals surface area contributed by atoms with Crippen molar-refractivity contribution in [1.29, 1.82) is 0 Å². The van der Waals surface area contributed by atoms with Gasteiger partial charge < -0.3 is 10.4 Å². The van der Waals surface area contributed by atoms with E-state index in [1.54, 1.807) is 24.3 Å². The second-order valence-corrected chi connectivity index (χ2v) is 10.1. The zero-order valence-corrected chi connectivity index (χ0v) is 21.5. The van der Waals surface area contributed by atoms with E-state index in [1.165, 1.54) is 5.56 Å². The van der Waals surface area contributed by atoms with E-state index in [1.807, 2.05) is 36.4 Å². The second-order valence-electron chi connectivity index (χ2n) is 9.24. The lowest BCUT2D eigenvalue weighted by atomic mass is 10.0. The minimum atomic E-state index is -0.814. The third-order valence-electron chi connectivity index (χ3n) is 6.66. The molecule has 1 heterocycles. The van der Waals surface area contributed by atoms with Crippen molar-refractivity contribution in [2.75, 3.05) is 0 Å². The van der Waals surface area contributed by atoms with Gasteiger partial charge in [0.15, 0.2) is 0 Å². The molecule has 3 aromatic carbocycles. The van der Waals surface area contributed by atoms with E-state index >= 15 is 0 Å². The molecule has 0 fully saturated rings. The maximum absolute atomic E-state index is 13.1. The Balaban J connectivity index is 1.42. The number of carboxylic acids is 1. The van der Waals surface area contributed by atoms with E-state index in [4.69, 9.17) is 38.3 Å². The highest BCUT2D eigenvalue weighted by Gasteiger charge is 2.24. The SMILES string of the molecule is O=C(O)CCCCc1nc2cc(C(=O)N[C@@H]3CCc4cc(Cl)ccc43)ccc2nc1-c1ccc(Cl)cc1. The number of carboxylic acid groups (broad SMARTS) is 1. The summed E-state index contributed by atoms with van der Waals surface area (Å²) in [6.45, 7) is 0. The Kier molecular flexibility index (Phi) is 7.40. The molecule has 2 N–H and O–H groups in total. The number of halogens is 2. The van der Waals surface area contributed by atoms with E-state index in [2.05, 4.69) is 5.32 Å². The molecule has 37 heavy (non-hydrogen) atoms. The number of carbonyl (C=O) groups excluding carboxylic acids is 1. The predicted octanol–water partition coefficient (Wildman–Crippen LogP) is 6.82. The van der Waals surface area contributed by atoms with Crippen molar-refractivity contribution in [2.45, 2.75) is 44.6 Å². The minimum Gasteiger partial charge on any atom is -0.481 e. The number of unbranched alkanes of at least 4 members (excludes halogenated alkanes) is 1. The Labute approximate surface area is 224 Å². The zero-order chi connectivity index (χ0) is 25.9. The normalized spacial score (nSPS) is 14.5. The van der Waals surface area contributed by atoms with Gasteiger partial charge in [0.25, 0.3) is 5.91 Å². The number of rotatable bonds is 8. The average molecular weight is 534 g/mol. The van der Waals surface area contributed by atoms with Gasteiger partial charge in [0.1, 0.15) is 0 Å². The smallest absolute Gasteiger partial charge is 0.303 e. The van der Waals surface area contributed by atoms with Gasteiger partial charge in [-0.3, -0.25) is 9.59 Å². The quantitative estimate of drug-likeness (QED) is 0.242. The summed E-state index contributed by atoms with van der Waals surface area (Å²) in [5.41, 5.74) is 6.47. The molecule has 1 aliphatic carbocycles. The van der Waals surface area contributed by atoms with E-state index in [0.29, 0.717) is 45.9 Å². The van der Waals surface area contributed by atoms with Crippen molar-refractivity contribution in [2.24, 2.45) is 0 Å². The first-order chi connectivity index (χ1) is 17.9. The van der Waals surface area contributed by atoms with Crippen molar-refractivity contribution in [3.05, 3.63) is 93.1 Å². The van der Waals surface area contributed by atoms with E-state index < -0.39 is 5.97 Å². The Morgan fingerprint density at radius 3 is 2.49 bits per heavy atom. The summed E-state index contributed by atoms with van der Waals surface area (Å²) < 4.78 is 0. The topological polar surface area (TPSA) is 92.2 Å². The summed E-state index contributed by atoms with van der Waals surface area (Å²) in [7, 11) is 0. The van der Waals surface area contributed by atoms with Crippen molar-refractivity contribution >= 4 is 46.1 Å². The van der Waals surface area contributed by atoms with Gasteiger partial charge in [-0.15, -0.1) is 0 Å². The molecule has 8 heteroatoms. The lowest BCUT2D eigenvalue weighted by Crippen LogP contribution is -2.27. The summed E-state index contributed by atoms with van der Waals surface area (Å²) in [6.07, 6.45) is 3.61. The number of hydrogen-bond acceptors (Lipinski definition) is 4. The first-order valence-electron chi connectivity index (χ1n) is 12.2. The Bertz CT molecular complexity index is 1490. The molecule has 1 amide bonds. The number of carbonyl (C=O) groups is 2. The molecule has 1 atom stereocenters. The average Bonchev–Trinajstić information content (AvgIpc) is 3.27. The molecular weight excluding hydrogens is 509 g/mol. The molecule has 6 nitrogen and oxygen atoms in total. The van der Waals surface area contributed by atoms with Crippen LogP contribution in [0.4, 0.5) is 0 Å². The number of aromatic nitrogens is 2. The molecule has 0 bridgehead atoms. The maximum atomic E-state index is 13.1. The van der Waals surface area contributed by atoms with Crippen LogP contribution in [0.2, 0.25) is 10.0 Å². The van der Waals surface area contributed by atoms with Crippen LogP contribution in [0.5, 0.6) is 0 Å². The molecule has 0 unspecified atom stereocenters. The summed E-state index contributed by atoms with van der Waals surface area (Å²) in [4.78, 5) is 33.8. The highest BCUT2D eigenvalue weighted by molar-refractivity contribution is 6.31. The summed E-state index contributed by atoms with van der Waals surface area (Å²) >= 11 is 12.2. The molecule has 1 aromatic heterocycles. The van der Waals surface area contributed by atoms with Gasteiger partial charge in [-0.05, 0) is 85.7 Å². The fourth-order valence-electron chi connectivity index (χ4n) is 4.79. The molecule has 1 aliphatic rings. The largest absolute Gasteiger partial charge is 0.481 e. The lowest BCUT2D eigenvalue weighted by Gasteiger charge is -2.15. The lowest BCUT2D eigenvalue weighted by molar-refractivity contribution is -0.137. The third kappa shape index (κ3) is 5.76. The molecule has 188 valence electrons. The number of amides is 1. The van der Waals surface area contributed by atoms with Gasteiger partial charge in [0, 0.05) is 27.6 Å². The van der Waals surface area contributed by atoms with Crippen LogP contribution >= 0.6 is 23.2 Å². The van der Waals surface area contributed by atoms with Crippen LogP contribution in [0.3, 0.4) is 0 Å². The molecule has 0 saturated carbocycles. The maximum Gasteiger partial charge on any atom is 0.303 e. The van der Waals surface area contributed by atoms with Crippen LogP contribution in [0.15, 0.2) is 60.7 Å². The Hall–Kier alpha value is -3.48. The van der Waals surface area contributed by atoms with Crippen molar-refractivity contribution < 1.29 is 14.7 Å². The molecule has 5 rings (SSSR count). The van der Waals surface area contributed by atoms with Crippen LogP contribution in [0, 0.1) is 0 Å².